The zero-order valence-corrected chi connectivity index (χ0v) is 24.5. The fourth-order valence-corrected chi connectivity index (χ4v) is 7.67. The molecule has 0 aromatic rings. The molecule has 0 fully saturated rings. The third kappa shape index (κ3) is 12.5. The molecule has 194 valence electrons. The lowest BCUT2D eigenvalue weighted by atomic mass is 9.82. The van der Waals surface area contributed by atoms with Crippen molar-refractivity contribution in [3.05, 3.63) is 0 Å². The fraction of sp³-hybridized carbons (Fsp3) is 1.00. The van der Waals surface area contributed by atoms with Crippen molar-refractivity contribution in [1.29, 1.82) is 0 Å². The largest absolute Gasteiger partial charge is 0.395 e. The van der Waals surface area contributed by atoms with E-state index in [0.717, 1.165) is 38.9 Å². The lowest BCUT2D eigenvalue weighted by Crippen LogP contribution is -2.53. The van der Waals surface area contributed by atoms with E-state index in [-0.39, 0.29) is 5.41 Å². The molecular formula is C26H59N3O2Si. The molecule has 0 bridgehead atoms. The Kier molecular flexibility index (Phi) is 18.4. The van der Waals surface area contributed by atoms with E-state index in [1.165, 1.54) is 65.0 Å². The van der Waals surface area contributed by atoms with Crippen molar-refractivity contribution in [3.63, 3.8) is 0 Å². The van der Waals surface area contributed by atoms with Crippen LogP contribution < -0.4 is 0 Å². The highest BCUT2D eigenvalue weighted by molar-refractivity contribution is 6.66. The molecule has 0 saturated carbocycles. The quantitative estimate of drug-likeness (QED) is 0.188. The van der Waals surface area contributed by atoms with Gasteiger partial charge in [-0.25, -0.2) is 0 Å². The van der Waals surface area contributed by atoms with Crippen LogP contribution in [0, 0.1) is 5.41 Å². The molecule has 0 rings (SSSR count). The molecule has 0 radical (unpaired) electrons. The van der Waals surface area contributed by atoms with E-state index in [4.69, 9.17) is 8.85 Å². The van der Waals surface area contributed by atoms with Gasteiger partial charge in [0.2, 0.25) is 0 Å². The van der Waals surface area contributed by atoms with Crippen LogP contribution in [0.3, 0.4) is 0 Å². The second-order valence-corrected chi connectivity index (χ2v) is 13.0. The SMILES string of the molecule is CCCN(CC)CC(CC[Si](C)(OCC)OCC)(CN(CC)CCC)CN(CC)CCC. The Labute approximate surface area is 203 Å². The predicted octanol–water partition coefficient (Wildman–Crippen LogP) is 5.70. The molecule has 0 atom stereocenters. The summed E-state index contributed by atoms with van der Waals surface area (Å²) in [6.07, 6.45) is 4.82. The Bertz CT molecular complexity index is 393. The molecule has 0 aliphatic rings. The van der Waals surface area contributed by atoms with Crippen LogP contribution in [-0.2, 0) is 8.85 Å². The fourth-order valence-electron chi connectivity index (χ4n) is 5.09. The minimum absolute atomic E-state index is 0.226. The van der Waals surface area contributed by atoms with Crippen LogP contribution in [-0.4, -0.2) is 95.4 Å². The molecule has 0 amide bonds. The first-order chi connectivity index (χ1) is 15.3. The zero-order chi connectivity index (χ0) is 24.5. The maximum atomic E-state index is 6.28. The minimum Gasteiger partial charge on any atom is -0.395 e. The van der Waals surface area contributed by atoms with Gasteiger partial charge in [0.15, 0.2) is 0 Å². The van der Waals surface area contributed by atoms with Crippen molar-refractivity contribution in [3.8, 4) is 0 Å². The van der Waals surface area contributed by atoms with Gasteiger partial charge in [0.1, 0.15) is 0 Å². The molecule has 0 unspecified atom stereocenters. The molecule has 0 heterocycles. The van der Waals surface area contributed by atoms with E-state index < -0.39 is 8.56 Å². The first kappa shape index (κ1) is 32.0. The third-order valence-corrected chi connectivity index (χ3v) is 9.60. The van der Waals surface area contributed by atoms with E-state index in [0.29, 0.717) is 0 Å². The second-order valence-electron chi connectivity index (χ2n) is 9.61. The molecular weight excluding hydrogens is 414 g/mol. The molecule has 0 aromatic carbocycles. The summed E-state index contributed by atoms with van der Waals surface area (Å²) in [6, 6.07) is 1.08. The molecule has 5 nitrogen and oxygen atoms in total. The number of hydrogen-bond acceptors (Lipinski definition) is 5. The molecule has 0 N–H and O–H groups in total. The monoisotopic (exact) mass is 473 g/mol. The summed E-state index contributed by atoms with van der Waals surface area (Å²) in [5.74, 6) is 0. The van der Waals surface area contributed by atoms with Crippen molar-refractivity contribution < 1.29 is 8.85 Å². The maximum absolute atomic E-state index is 6.28. The lowest BCUT2D eigenvalue weighted by molar-refractivity contribution is 0.0508. The van der Waals surface area contributed by atoms with Crippen LogP contribution in [0.25, 0.3) is 0 Å². The maximum Gasteiger partial charge on any atom is 0.334 e. The topological polar surface area (TPSA) is 28.2 Å². The van der Waals surface area contributed by atoms with Gasteiger partial charge in [0, 0.05) is 38.3 Å². The highest BCUT2D eigenvalue weighted by Gasteiger charge is 2.40. The molecule has 6 heteroatoms. The van der Waals surface area contributed by atoms with Crippen LogP contribution in [0.2, 0.25) is 12.6 Å². The summed E-state index contributed by atoms with van der Waals surface area (Å²) < 4.78 is 12.6. The van der Waals surface area contributed by atoms with E-state index in [1.807, 2.05) is 0 Å². The van der Waals surface area contributed by atoms with Crippen molar-refractivity contribution in [2.75, 3.05) is 72.1 Å². The predicted molar refractivity (Wildman–Crippen MR) is 144 cm³/mol. The Balaban J connectivity index is 6.08. The smallest absolute Gasteiger partial charge is 0.334 e. The van der Waals surface area contributed by atoms with Gasteiger partial charge in [-0.05, 0) is 91.4 Å². The van der Waals surface area contributed by atoms with Crippen LogP contribution in [0.15, 0.2) is 0 Å². The van der Waals surface area contributed by atoms with Gasteiger partial charge in [0.25, 0.3) is 0 Å². The molecule has 0 aliphatic carbocycles. The van der Waals surface area contributed by atoms with Crippen molar-refractivity contribution >= 4 is 8.56 Å². The summed E-state index contributed by atoms with van der Waals surface area (Å²) >= 11 is 0. The van der Waals surface area contributed by atoms with Crippen molar-refractivity contribution in [2.24, 2.45) is 5.41 Å². The van der Waals surface area contributed by atoms with E-state index in [9.17, 15) is 0 Å². The van der Waals surface area contributed by atoms with E-state index in [1.54, 1.807) is 0 Å². The van der Waals surface area contributed by atoms with Gasteiger partial charge in [-0.1, -0.05) is 41.5 Å². The van der Waals surface area contributed by atoms with Gasteiger partial charge in [0.05, 0.1) is 0 Å². The van der Waals surface area contributed by atoms with Crippen LogP contribution in [0.5, 0.6) is 0 Å². The Morgan fingerprint density at radius 2 is 0.938 bits per heavy atom. The van der Waals surface area contributed by atoms with Crippen molar-refractivity contribution in [2.45, 2.75) is 93.7 Å². The normalized spacial score (nSPS) is 13.1. The zero-order valence-electron chi connectivity index (χ0n) is 23.5. The van der Waals surface area contributed by atoms with Gasteiger partial charge < -0.3 is 23.6 Å². The van der Waals surface area contributed by atoms with E-state index in [2.05, 4.69) is 76.6 Å². The second kappa shape index (κ2) is 18.4. The van der Waals surface area contributed by atoms with Gasteiger partial charge in [-0.3, -0.25) is 0 Å². The third-order valence-electron chi connectivity index (χ3n) is 6.65. The summed E-state index contributed by atoms with van der Waals surface area (Å²) in [7, 11) is -2.15. The molecule has 0 spiro atoms. The lowest BCUT2D eigenvalue weighted by Gasteiger charge is -2.45. The van der Waals surface area contributed by atoms with Crippen LogP contribution in [0.1, 0.15) is 81.1 Å². The van der Waals surface area contributed by atoms with Gasteiger partial charge in [-0.15, -0.1) is 0 Å². The Morgan fingerprint density at radius 1 is 0.594 bits per heavy atom. The van der Waals surface area contributed by atoms with Crippen LogP contribution >= 0.6 is 0 Å². The summed E-state index contributed by atoms with van der Waals surface area (Å²) in [4.78, 5) is 8.08. The van der Waals surface area contributed by atoms with E-state index >= 15 is 0 Å². The molecule has 32 heavy (non-hydrogen) atoms. The first-order valence-electron chi connectivity index (χ1n) is 13.8. The van der Waals surface area contributed by atoms with Gasteiger partial charge >= 0.3 is 8.56 Å². The number of hydrogen-bond donors (Lipinski definition) is 0. The molecule has 0 aliphatic heterocycles. The average Bonchev–Trinajstić information content (AvgIpc) is 2.77. The molecule has 0 aromatic heterocycles. The first-order valence-corrected chi connectivity index (χ1v) is 16.3. The average molecular weight is 474 g/mol. The van der Waals surface area contributed by atoms with Crippen molar-refractivity contribution in [1.82, 2.24) is 14.7 Å². The summed E-state index contributed by atoms with van der Waals surface area (Å²) in [6.45, 7) is 32.3. The Morgan fingerprint density at radius 3 is 1.19 bits per heavy atom. The highest BCUT2D eigenvalue weighted by Crippen LogP contribution is 2.33. The Hall–Kier alpha value is 0.0169. The standard InChI is InChI=1S/C26H59N3O2Si/c1-10-19-27(13-4)23-26(24-28(14-5)20-11-2,25-29(15-6)21-12-3)18-22-32(9,30-16-7)31-17-8/h10-25H2,1-9H3. The minimum atomic E-state index is -2.15. The highest BCUT2D eigenvalue weighted by atomic mass is 28.4. The van der Waals surface area contributed by atoms with Gasteiger partial charge in [-0.2, -0.15) is 0 Å². The number of rotatable bonds is 22. The number of nitrogens with zero attached hydrogens (tertiary/aromatic N) is 3. The van der Waals surface area contributed by atoms with Crippen LogP contribution in [0.4, 0.5) is 0 Å². The summed E-state index contributed by atoms with van der Waals surface area (Å²) in [5.41, 5.74) is 0.226. The summed E-state index contributed by atoms with van der Waals surface area (Å²) in [5, 5.41) is 0. The molecule has 0 saturated heterocycles.